The molecule has 0 aliphatic heterocycles. The molecule has 0 atom stereocenters. The fourth-order valence-electron chi connectivity index (χ4n) is 8.86. The number of fused-ring (bicyclic) bond motifs is 5. The van der Waals surface area contributed by atoms with Crippen molar-refractivity contribution in [1.82, 2.24) is 0 Å². The van der Waals surface area contributed by atoms with Gasteiger partial charge < -0.3 is 9.32 Å². The molecular formula is C50H39NO. The van der Waals surface area contributed by atoms with E-state index in [0.29, 0.717) is 5.92 Å². The molecule has 1 aliphatic carbocycles. The number of anilines is 3. The van der Waals surface area contributed by atoms with E-state index < -0.39 is 0 Å². The Bertz CT molecular complexity index is 2740. The zero-order valence-corrected chi connectivity index (χ0v) is 29.1. The number of furan rings is 1. The lowest BCUT2D eigenvalue weighted by Crippen LogP contribution is -2.12. The first-order valence-corrected chi connectivity index (χ1v) is 18.7. The van der Waals surface area contributed by atoms with Crippen LogP contribution in [0.4, 0.5) is 17.1 Å². The highest BCUT2D eigenvalue weighted by molar-refractivity contribution is 6.14. The molecule has 8 aromatic carbocycles. The lowest BCUT2D eigenvalue weighted by Gasteiger charge is -2.31. The monoisotopic (exact) mass is 669 g/mol. The minimum atomic E-state index is 0.591. The van der Waals surface area contributed by atoms with Crippen LogP contribution in [0.25, 0.3) is 65.7 Å². The standard InChI is InChI=1S/C50H39NO/c1-2-16-35(17-3-1)39-24-12-19-36-20-13-25-42(49(36)39)40-21-6-9-27-45(40)51(38-32-31-34-15-4-5-18-37(34)33-38)46-28-10-7-22-41(46)43-26-14-30-48-50(43)44-23-8-11-29-47(44)52-48/h4-15,18-33,35H,1-3,16-17H2. The molecule has 0 N–H and O–H groups in total. The van der Waals surface area contributed by atoms with Crippen LogP contribution in [0.3, 0.4) is 0 Å². The van der Waals surface area contributed by atoms with Crippen LogP contribution in [0.15, 0.2) is 174 Å². The number of nitrogens with zero attached hydrogens (tertiary/aromatic N) is 1. The SMILES string of the molecule is c1ccc(N(c2ccc3ccccc3c2)c2ccccc2-c2cccc3oc4ccccc4c23)c(-c2cccc3cccc(C4CCCCC4)c23)c1. The zero-order valence-electron chi connectivity index (χ0n) is 29.1. The maximum absolute atomic E-state index is 6.40. The smallest absolute Gasteiger partial charge is 0.136 e. The van der Waals surface area contributed by atoms with E-state index in [1.807, 2.05) is 6.07 Å². The predicted octanol–water partition coefficient (Wildman–Crippen LogP) is 14.7. The lowest BCUT2D eigenvalue weighted by atomic mass is 9.80. The minimum Gasteiger partial charge on any atom is -0.456 e. The van der Waals surface area contributed by atoms with E-state index >= 15 is 0 Å². The Labute approximate surface area is 304 Å². The molecule has 52 heavy (non-hydrogen) atoms. The Kier molecular flexibility index (Phi) is 7.61. The summed E-state index contributed by atoms with van der Waals surface area (Å²) < 4.78 is 6.40. The first kappa shape index (κ1) is 30.7. The summed E-state index contributed by atoms with van der Waals surface area (Å²) in [5, 5.41) is 7.42. The number of hydrogen-bond acceptors (Lipinski definition) is 2. The third-order valence-electron chi connectivity index (χ3n) is 11.2. The van der Waals surface area contributed by atoms with Gasteiger partial charge in [0.1, 0.15) is 11.2 Å². The first-order chi connectivity index (χ1) is 25.8. The number of para-hydroxylation sites is 3. The largest absolute Gasteiger partial charge is 0.456 e. The van der Waals surface area contributed by atoms with Crippen LogP contribution in [0, 0.1) is 0 Å². The summed E-state index contributed by atoms with van der Waals surface area (Å²) in [7, 11) is 0. The molecule has 0 spiro atoms. The Hall–Kier alpha value is -6.12. The third kappa shape index (κ3) is 5.17. The highest BCUT2D eigenvalue weighted by atomic mass is 16.3. The summed E-state index contributed by atoms with van der Waals surface area (Å²) in [6, 6.07) is 62.1. The fraction of sp³-hybridized carbons (Fsp3) is 0.120. The van der Waals surface area contributed by atoms with Gasteiger partial charge in [0.2, 0.25) is 0 Å². The van der Waals surface area contributed by atoms with Crippen molar-refractivity contribution in [2.24, 2.45) is 0 Å². The quantitative estimate of drug-likeness (QED) is 0.175. The van der Waals surface area contributed by atoms with Crippen LogP contribution in [0.2, 0.25) is 0 Å². The van der Waals surface area contributed by atoms with Gasteiger partial charge in [-0.15, -0.1) is 0 Å². The van der Waals surface area contributed by atoms with E-state index in [1.54, 1.807) is 0 Å². The van der Waals surface area contributed by atoms with Crippen LogP contribution in [-0.2, 0) is 0 Å². The molecule has 0 bridgehead atoms. The maximum atomic E-state index is 6.40. The summed E-state index contributed by atoms with van der Waals surface area (Å²) in [4.78, 5) is 2.49. The van der Waals surface area contributed by atoms with Gasteiger partial charge >= 0.3 is 0 Å². The van der Waals surface area contributed by atoms with E-state index in [4.69, 9.17) is 4.42 Å². The second-order valence-electron chi connectivity index (χ2n) is 14.3. The molecule has 2 heteroatoms. The summed E-state index contributed by atoms with van der Waals surface area (Å²) in [6.45, 7) is 0. The average Bonchev–Trinajstić information content (AvgIpc) is 3.60. The molecule has 2 nitrogen and oxygen atoms in total. The molecule has 1 aliphatic rings. The van der Waals surface area contributed by atoms with Gasteiger partial charge in [-0.3, -0.25) is 0 Å². The Morgan fingerprint density at radius 3 is 1.79 bits per heavy atom. The Morgan fingerprint density at radius 1 is 0.423 bits per heavy atom. The van der Waals surface area contributed by atoms with Crippen molar-refractivity contribution >= 4 is 60.5 Å². The summed E-state index contributed by atoms with van der Waals surface area (Å²) in [6.07, 6.45) is 6.50. The van der Waals surface area contributed by atoms with E-state index in [1.165, 1.54) is 70.3 Å². The molecule has 0 radical (unpaired) electrons. The van der Waals surface area contributed by atoms with E-state index in [2.05, 4.69) is 169 Å². The second-order valence-corrected chi connectivity index (χ2v) is 14.3. The van der Waals surface area contributed by atoms with E-state index in [0.717, 1.165) is 50.1 Å². The van der Waals surface area contributed by atoms with Gasteiger partial charge in [-0.1, -0.05) is 153 Å². The Morgan fingerprint density at radius 2 is 1.00 bits per heavy atom. The normalized spacial score (nSPS) is 13.7. The molecule has 9 aromatic rings. The van der Waals surface area contributed by atoms with Crippen LogP contribution >= 0.6 is 0 Å². The van der Waals surface area contributed by atoms with Gasteiger partial charge in [0, 0.05) is 27.6 Å². The summed E-state index contributed by atoms with van der Waals surface area (Å²) >= 11 is 0. The van der Waals surface area contributed by atoms with Crippen LogP contribution in [-0.4, -0.2) is 0 Å². The molecule has 250 valence electrons. The van der Waals surface area contributed by atoms with Gasteiger partial charge in [0.15, 0.2) is 0 Å². The predicted molar refractivity (Wildman–Crippen MR) is 220 cm³/mol. The number of hydrogen-bond donors (Lipinski definition) is 0. The molecule has 0 saturated heterocycles. The van der Waals surface area contributed by atoms with Crippen molar-refractivity contribution in [1.29, 1.82) is 0 Å². The highest BCUT2D eigenvalue weighted by Gasteiger charge is 2.25. The second kappa shape index (κ2) is 12.9. The molecule has 0 unspecified atom stereocenters. The fourth-order valence-corrected chi connectivity index (χ4v) is 8.86. The van der Waals surface area contributed by atoms with Crippen molar-refractivity contribution in [3.63, 3.8) is 0 Å². The van der Waals surface area contributed by atoms with Gasteiger partial charge in [0.05, 0.1) is 11.4 Å². The molecule has 1 fully saturated rings. The van der Waals surface area contributed by atoms with Crippen molar-refractivity contribution in [3.8, 4) is 22.3 Å². The van der Waals surface area contributed by atoms with Gasteiger partial charge in [-0.2, -0.15) is 0 Å². The number of benzene rings is 8. The molecular weight excluding hydrogens is 631 g/mol. The van der Waals surface area contributed by atoms with Crippen LogP contribution < -0.4 is 4.90 Å². The lowest BCUT2D eigenvalue weighted by molar-refractivity contribution is 0.445. The Balaban J connectivity index is 1.25. The summed E-state index contributed by atoms with van der Waals surface area (Å²) in [5.74, 6) is 0.591. The average molecular weight is 670 g/mol. The van der Waals surface area contributed by atoms with Crippen LogP contribution in [0.5, 0.6) is 0 Å². The molecule has 1 heterocycles. The molecule has 0 amide bonds. The topological polar surface area (TPSA) is 16.4 Å². The molecule has 10 rings (SSSR count). The maximum Gasteiger partial charge on any atom is 0.136 e. The van der Waals surface area contributed by atoms with Gasteiger partial charge in [-0.05, 0) is 93.4 Å². The minimum absolute atomic E-state index is 0.591. The van der Waals surface area contributed by atoms with Crippen molar-refractivity contribution in [3.05, 3.63) is 175 Å². The molecule has 1 saturated carbocycles. The van der Waals surface area contributed by atoms with Crippen LogP contribution in [0.1, 0.15) is 43.6 Å². The van der Waals surface area contributed by atoms with Gasteiger partial charge in [-0.25, -0.2) is 0 Å². The van der Waals surface area contributed by atoms with E-state index in [9.17, 15) is 0 Å². The molecule has 1 aromatic heterocycles. The summed E-state index contributed by atoms with van der Waals surface area (Å²) in [5.41, 5.74) is 11.5. The highest BCUT2D eigenvalue weighted by Crippen LogP contribution is 2.49. The first-order valence-electron chi connectivity index (χ1n) is 18.7. The number of rotatable bonds is 6. The van der Waals surface area contributed by atoms with Crippen molar-refractivity contribution in [2.75, 3.05) is 4.90 Å². The van der Waals surface area contributed by atoms with Gasteiger partial charge in [0.25, 0.3) is 0 Å². The van der Waals surface area contributed by atoms with Crippen molar-refractivity contribution < 1.29 is 4.42 Å². The third-order valence-corrected chi connectivity index (χ3v) is 11.2. The van der Waals surface area contributed by atoms with E-state index in [-0.39, 0.29) is 0 Å². The van der Waals surface area contributed by atoms with Crippen molar-refractivity contribution in [2.45, 2.75) is 38.0 Å². The zero-order chi connectivity index (χ0) is 34.4.